The van der Waals surface area contributed by atoms with Crippen LogP contribution in [0.1, 0.15) is 33.5 Å². The van der Waals surface area contributed by atoms with Crippen LogP contribution < -0.4 is 4.90 Å². The smallest absolute Gasteiger partial charge is 0.258 e. The van der Waals surface area contributed by atoms with Gasteiger partial charge in [0.1, 0.15) is 17.4 Å². The van der Waals surface area contributed by atoms with Crippen LogP contribution in [0.15, 0.2) is 65.6 Å². The molecule has 9 heteroatoms. The first-order chi connectivity index (χ1) is 17.7. The predicted octanol–water partition coefficient (Wildman–Crippen LogP) is 3.34. The number of carbonyl (C=O) groups excluding carboxylic acids is 1. The fourth-order valence-corrected chi connectivity index (χ4v) is 5.47. The second-order valence-electron chi connectivity index (χ2n) is 9.67. The van der Waals surface area contributed by atoms with Crippen molar-refractivity contribution in [1.29, 1.82) is 0 Å². The molecule has 6 heterocycles. The van der Waals surface area contributed by atoms with Gasteiger partial charge in [-0.1, -0.05) is 18.2 Å². The van der Waals surface area contributed by atoms with E-state index in [9.17, 15) is 4.79 Å². The van der Waals surface area contributed by atoms with Crippen LogP contribution in [0.5, 0.6) is 0 Å². The summed E-state index contributed by atoms with van der Waals surface area (Å²) in [5.41, 5.74) is 5.18. The van der Waals surface area contributed by atoms with Crippen LogP contribution in [-0.2, 0) is 6.42 Å². The van der Waals surface area contributed by atoms with Crippen molar-refractivity contribution in [2.45, 2.75) is 12.5 Å². The number of aromatic amines is 1. The van der Waals surface area contributed by atoms with Crippen molar-refractivity contribution in [1.82, 2.24) is 29.4 Å². The number of pyridine rings is 1. The second kappa shape index (κ2) is 8.23. The lowest BCUT2D eigenvalue weighted by Gasteiger charge is -2.34. The zero-order valence-corrected chi connectivity index (χ0v) is 20.1. The molecular formula is C27H27N7O2. The number of furan rings is 1. The number of nitrogens with one attached hydrogen (secondary N) is 1. The fraction of sp³-hybridized carbons (Fsp3) is 0.296. The molecule has 0 bridgehead atoms. The number of hydrogen-bond acceptors (Lipinski definition) is 6. The molecule has 0 aliphatic carbocycles. The maximum absolute atomic E-state index is 14.0. The minimum absolute atomic E-state index is 0.0727. The van der Waals surface area contributed by atoms with E-state index in [-0.39, 0.29) is 5.91 Å². The second-order valence-corrected chi connectivity index (χ2v) is 9.67. The molecule has 0 saturated carbocycles. The molecule has 5 aromatic rings. The summed E-state index contributed by atoms with van der Waals surface area (Å²) in [6.07, 6.45) is 6.12. The molecule has 1 amide bonds. The highest BCUT2D eigenvalue weighted by Gasteiger charge is 2.37. The largest absolute Gasteiger partial charge is 0.458 e. The molecule has 1 atom stereocenters. The van der Waals surface area contributed by atoms with Crippen molar-refractivity contribution >= 4 is 28.1 Å². The number of piperazine rings is 1. The lowest BCUT2D eigenvalue weighted by Crippen LogP contribution is -2.44. The number of H-pyrrole nitrogens is 1. The number of hydrogen-bond donors (Lipinski definition) is 1. The van der Waals surface area contributed by atoms with Gasteiger partial charge in [-0.15, -0.1) is 0 Å². The molecule has 1 fully saturated rings. The van der Waals surface area contributed by atoms with Gasteiger partial charge in [0.15, 0.2) is 0 Å². The molecule has 0 unspecified atom stereocenters. The number of fused-ring (bicyclic) bond motifs is 3. The Kier molecular flexibility index (Phi) is 4.85. The third kappa shape index (κ3) is 3.38. The van der Waals surface area contributed by atoms with Gasteiger partial charge in [-0.25, -0.2) is 9.50 Å². The average Bonchev–Trinajstić information content (AvgIpc) is 3.65. The minimum Gasteiger partial charge on any atom is -0.458 e. The lowest BCUT2D eigenvalue weighted by molar-refractivity contribution is 0.0675. The SMILES string of the molecule is CN1CCN(c2ccc3c(C(=O)N4CCc5[nH]cnc5[C@H]4c4cc5ccccc5o4)cnn3c2)CC1. The van der Waals surface area contributed by atoms with E-state index >= 15 is 0 Å². The van der Waals surface area contributed by atoms with Gasteiger partial charge in [0.25, 0.3) is 5.91 Å². The van der Waals surface area contributed by atoms with E-state index in [4.69, 9.17) is 4.42 Å². The molecule has 9 nitrogen and oxygen atoms in total. The van der Waals surface area contributed by atoms with Crippen LogP contribution in [0.4, 0.5) is 5.69 Å². The molecule has 4 aromatic heterocycles. The third-order valence-electron chi connectivity index (χ3n) is 7.50. The number of carbonyl (C=O) groups is 1. The quantitative estimate of drug-likeness (QED) is 0.425. The third-order valence-corrected chi connectivity index (χ3v) is 7.50. The van der Waals surface area contributed by atoms with E-state index in [2.05, 4.69) is 38.0 Å². The first-order valence-corrected chi connectivity index (χ1v) is 12.4. The maximum Gasteiger partial charge on any atom is 0.258 e. The van der Waals surface area contributed by atoms with Gasteiger partial charge in [0.05, 0.1) is 41.2 Å². The molecule has 2 aliphatic rings. The number of benzene rings is 1. The maximum atomic E-state index is 14.0. The summed E-state index contributed by atoms with van der Waals surface area (Å²) < 4.78 is 8.05. The van der Waals surface area contributed by atoms with Crippen molar-refractivity contribution in [2.24, 2.45) is 0 Å². The van der Waals surface area contributed by atoms with Crippen LogP contribution in [0.2, 0.25) is 0 Å². The fourth-order valence-electron chi connectivity index (χ4n) is 5.47. The Morgan fingerprint density at radius 2 is 1.94 bits per heavy atom. The number of imidazole rings is 1. The Labute approximate surface area is 207 Å². The number of anilines is 1. The highest BCUT2D eigenvalue weighted by molar-refractivity contribution is 6.01. The Morgan fingerprint density at radius 3 is 2.81 bits per heavy atom. The normalized spacial score (nSPS) is 18.8. The molecule has 0 radical (unpaired) electrons. The Balaban J connectivity index is 1.25. The van der Waals surface area contributed by atoms with E-state index in [1.165, 1.54) is 0 Å². The van der Waals surface area contributed by atoms with Gasteiger partial charge in [-0.05, 0) is 31.3 Å². The summed E-state index contributed by atoms with van der Waals surface area (Å²) >= 11 is 0. The number of amides is 1. The van der Waals surface area contributed by atoms with Crippen LogP contribution in [-0.4, -0.2) is 75.1 Å². The number of likely N-dealkylation sites (N-methyl/N-ethyl adjacent to an activating group) is 1. The molecular weight excluding hydrogens is 454 g/mol. The first-order valence-electron chi connectivity index (χ1n) is 12.4. The van der Waals surface area contributed by atoms with Crippen LogP contribution in [0.3, 0.4) is 0 Å². The Bertz CT molecular complexity index is 1540. The van der Waals surface area contributed by atoms with E-state index < -0.39 is 6.04 Å². The molecule has 2 aliphatic heterocycles. The average molecular weight is 482 g/mol. The molecule has 36 heavy (non-hydrogen) atoms. The lowest BCUT2D eigenvalue weighted by atomic mass is 9.99. The van der Waals surface area contributed by atoms with Gasteiger partial charge < -0.3 is 24.1 Å². The standard InChI is InChI=1S/C27H27N7O2/c1-31-10-12-32(13-11-31)19-6-7-22-20(15-30-34(22)16-19)27(35)33-9-8-21-25(29-17-28-21)26(33)24-14-18-4-2-3-5-23(18)36-24/h2-7,14-17,26H,8-13H2,1H3,(H,28,29)/t26-/m1/s1. The van der Waals surface area contributed by atoms with Gasteiger partial charge in [-0.3, -0.25) is 4.79 Å². The van der Waals surface area contributed by atoms with Gasteiger partial charge in [0, 0.05) is 50.2 Å². The van der Waals surface area contributed by atoms with Crippen LogP contribution >= 0.6 is 0 Å². The molecule has 7 rings (SSSR count). The zero-order valence-electron chi connectivity index (χ0n) is 20.1. The molecule has 0 spiro atoms. The highest BCUT2D eigenvalue weighted by atomic mass is 16.3. The highest BCUT2D eigenvalue weighted by Crippen LogP contribution is 2.37. The summed E-state index contributed by atoms with van der Waals surface area (Å²) in [6, 6.07) is 13.6. The predicted molar refractivity (Wildman–Crippen MR) is 136 cm³/mol. The minimum atomic E-state index is -0.403. The van der Waals surface area contributed by atoms with Crippen molar-refractivity contribution in [2.75, 3.05) is 44.7 Å². The van der Waals surface area contributed by atoms with E-state index in [1.54, 1.807) is 12.5 Å². The van der Waals surface area contributed by atoms with Crippen molar-refractivity contribution < 1.29 is 9.21 Å². The number of para-hydroxylation sites is 1. The van der Waals surface area contributed by atoms with Crippen molar-refractivity contribution in [3.05, 3.63) is 83.9 Å². The van der Waals surface area contributed by atoms with Crippen molar-refractivity contribution in [3.8, 4) is 0 Å². The van der Waals surface area contributed by atoms with E-state index in [1.807, 2.05) is 52.0 Å². The number of rotatable bonds is 3. The van der Waals surface area contributed by atoms with E-state index in [0.29, 0.717) is 24.3 Å². The van der Waals surface area contributed by atoms with Crippen molar-refractivity contribution in [3.63, 3.8) is 0 Å². The molecule has 1 saturated heterocycles. The summed E-state index contributed by atoms with van der Waals surface area (Å²) in [6.45, 7) is 4.59. The first kappa shape index (κ1) is 21.2. The summed E-state index contributed by atoms with van der Waals surface area (Å²) in [4.78, 5) is 28.4. The van der Waals surface area contributed by atoms with Crippen LogP contribution in [0.25, 0.3) is 16.5 Å². The summed E-state index contributed by atoms with van der Waals surface area (Å²) in [7, 11) is 2.15. The van der Waals surface area contributed by atoms with Crippen LogP contribution in [0, 0.1) is 0 Å². The number of aromatic nitrogens is 4. The summed E-state index contributed by atoms with van der Waals surface area (Å²) in [5.74, 6) is 0.642. The van der Waals surface area contributed by atoms with Gasteiger partial charge in [-0.2, -0.15) is 5.10 Å². The Hall–Kier alpha value is -4.11. The molecule has 182 valence electrons. The monoisotopic (exact) mass is 481 g/mol. The van der Waals surface area contributed by atoms with E-state index in [0.717, 1.165) is 59.7 Å². The number of nitrogens with zero attached hydrogens (tertiary/aromatic N) is 6. The van der Waals surface area contributed by atoms with Gasteiger partial charge in [0.2, 0.25) is 0 Å². The topological polar surface area (TPSA) is 85.9 Å². The summed E-state index contributed by atoms with van der Waals surface area (Å²) in [5, 5.41) is 5.57. The van der Waals surface area contributed by atoms with Gasteiger partial charge >= 0.3 is 0 Å². The molecule has 1 N–H and O–H groups in total. The Morgan fingerprint density at radius 1 is 1.08 bits per heavy atom. The zero-order chi connectivity index (χ0) is 24.2. The molecule has 1 aromatic carbocycles.